The number of rotatable bonds is 1. The summed E-state index contributed by atoms with van der Waals surface area (Å²) in [5.41, 5.74) is 2.47. The minimum absolute atomic E-state index is 1.03. The molecule has 1 aromatic rings. The molecule has 0 aliphatic carbocycles. The van der Waals surface area contributed by atoms with Crippen LogP contribution in [0.25, 0.3) is 0 Å². The summed E-state index contributed by atoms with van der Waals surface area (Å²) < 4.78 is 0. The number of hydrogen-bond acceptors (Lipinski definition) is 1. The van der Waals surface area contributed by atoms with Gasteiger partial charge < -0.3 is 0 Å². The highest BCUT2D eigenvalue weighted by Crippen LogP contribution is 1.98. The number of aromatic nitrogens is 1. The molecule has 0 aliphatic rings. The van der Waals surface area contributed by atoms with Crippen LogP contribution in [0.2, 0.25) is 0 Å². The summed E-state index contributed by atoms with van der Waals surface area (Å²) in [6, 6.07) is 4.12. The van der Waals surface area contributed by atoms with Gasteiger partial charge in [-0.2, -0.15) is 0 Å². The van der Waals surface area contributed by atoms with E-state index in [0.29, 0.717) is 0 Å². The van der Waals surface area contributed by atoms with Gasteiger partial charge in [-0.05, 0) is 31.0 Å². The summed E-state index contributed by atoms with van der Waals surface area (Å²) in [6.45, 7) is 8.20. The predicted octanol–water partition coefficient (Wildman–Crippen LogP) is 2.98. The molecule has 1 rings (SSSR count). The van der Waals surface area contributed by atoms with Gasteiger partial charge >= 0.3 is 0 Å². The van der Waals surface area contributed by atoms with Gasteiger partial charge in [-0.3, -0.25) is 4.98 Å². The van der Waals surface area contributed by atoms with Crippen molar-refractivity contribution in [3.63, 3.8) is 0 Å². The zero-order chi connectivity index (χ0) is 8.69. The molecule has 0 aromatic carbocycles. The van der Waals surface area contributed by atoms with Crippen molar-refractivity contribution in [2.75, 3.05) is 0 Å². The van der Waals surface area contributed by atoms with Gasteiger partial charge in [-0.15, -0.1) is 0 Å². The van der Waals surface area contributed by atoms with Gasteiger partial charge in [0, 0.05) is 11.9 Å². The highest BCUT2D eigenvalue weighted by molar-refractivity contribution is 5.13. The standard InChI is InChI=1S/C8H11N.C2H6/c1-3-8-6-7(2)4-5-9-8;1-2/h4-6H,3H2,1-2H3;1-2H3. The van der Waals surface area contributed by atoms with Crippen molar-refractivity contribution in [3.8, 4) is 0 Å². The molecule has 0 spiro atoms. The highest BCUT2D eigenvalue weighted by atomic mass is 14.7. The van der Waals surface area contributed by atoms with Gasteiger partial charge in [0.2, 0.25) is 0 Å². The SMILES string of the molecule is CC.CCc1cc(C)ccn1. The molecule has 0 fully saturated rings. The first-order valence-corrected chi connectivity index (χ1v) is 4.24. The van der Waals surface area contributed by atoms with E-state index < -0.39 is 0 Å². The minimum Gasteiger partial charge on any atom is -0.261 e. The maximum Gasteiger partial charge on any atom is 0.0403 e. The second kappa shape index (κ2) is 5.90. The molecule has 0 N–H and O–H groups in total. The van der Waals surface area contributed by atoms with Gasteiger partial charge in [-0.1, -0.05) is 20.8 Å². The molecule has 0 saturated heterocycles. The molecular weight excluding hydrogens is 134 g/mol. The first kappa shape index (κ1) is 10.2. The number of aryl methyl sites for hydroxylation is 2. The van der Waals surface area contributed by atoms with E-state index in [1.165, 1.54) is 11.3 Å². The van der Waals surface area contributed by atoms with Gasteiger partial charge in [0.15, 0.2) is 0 Å². The summed E-state index contributed by atoms with van der Waals surface area (Å²) in [4.78, 5) is 4.16. The average Bonchev–Trinajstić information content (AvgIpc) is 2.08. The summed E-state index contributed by atoms with van der Waals surface area (Å²) in [5, 5.41) is 0. The van der Waals surface area contributed by atoms with Gasteiger partial charge in [-0.25, -0.2) is 0 Å². The quantitative estimate of drug-likeness (QED) is 0.601. The Balaban J connectivity index is 0.000000461. The third-order valence-electron chi connectivity index (χ3n) is 1.33. The van der Waals surface area contributed by atoms with E-state index in [2.05, 4.69) is 24.9 Å². The average molecular weight is 151 g/mol. The molecule has 0 amide bonds. The molecule has 62 valence electrons. The lowest BCUT2D eigenvalue weighted by Crippen LogP contribution is -1.85. The van der Waals surface area contributed by atoms with Crippen LogP contribution < -0.4 is 0 Å². The molecule has 1 aromatic heterocycles. The third kappa shape index (κ3) is 3.76. The fourth-order valence-electron chi connectivity index (χ4n) is 0.792. The number of hydrogen-bond donors (Lipinski definition) is 0. The minimum atomic E-state index is 1.03. The van der Waals surface area contributed by atoms with Crippen molar-refractivity contribution in [1.29, 1.82) is 0 Å². The topological polar surface area (TPSA) is 12.9 Å². The Morgan fingerprint density at radius 1 is 1.36 bits per heavy atom. The maximum atomic E-state index is 4.16. The van der Waals surface area contributed by atoms with E-state index in [1.54, 1.807) is 0 Å². The zero-order valence-electron chi connectivity index (χ0n) is 7.89. The molecule has 0 aliphatic heterocycles. The van der Waals surface area contributed by atoms with Crippen molar-refractivity contribution < 1.29 is 0 Å². The fraction of sp³-hybridized carbons (Fsp3) is 0.500. The molecule has 1 heterocycles. The van der Waals surface area contributed by atoms with E-state index in [0.717, 1.165) is 6.42 Å². The smallest absolute Gasteiger partial charge is 0.0403 e. The lowest BCUT2D eigenvalue weighted by Gasteiger charge is -1.94. The van der Waals surface area contributed by atoms with Gasteiger partial charge in [0.25, 0.3) is 0 Å². The molecule has 0 atom stereocenters. The van der Waals surface area contributed by atoms with Crippen LogP contribution in [-0.2, 0) is 6.42 Å². The van der Waals surface area contributed by atoms with E-state index in [1.807, 2.05) is 26.1 Å². The second-order valence-electron chi connectivity index (χ2n) is 2.18. The van der Waals surface area contributed by atoms with E-state index in [-0.39, 0.29) is 0 Å². The molecular formula is C10H17N. The molecule has 11 heavy (non-hydrogen) atoms. The first-order valence-electron chi connectivity index (χ1n) is 4.24. The van der Waals surface area contributed by atoms with Gasteiger partial charge in [0.05, 0.1) is 0 Å². The van der Waals surface area contributed by atoms with E-state index in [9.17, 15) is 0 Å². The van der Waals surface area contributed by atoms with Crippen LogP contribution in [0, 0.1) is 6.92 Å². The van der Waals surface area contributed by atoms with Crippen LogP contribution in [0.15, 0.2) is 18.3 Å². The molecule has 0 radical (unpaired) electrons. The van der Waals surface area contributed by atoms with Gasteiger partial charge in [0.1, 0.15) is 0 Å². The van der Waals surface area contributed by atoms with Crippen molar-refractivity contribution in [2.24, 2.45) is 0 Å². The Hall–Kier alpha value is -0.850. The largest absolute Gasteiger partial charge is 0.261 e. The molecule has 0 bridgehead atoms. The van der Waals surface area contributed by atoms with Crippen molar-refractivity contribution in [3.05, 3.63) is 29.6 Å². The number of nitrogens with zero attached hydrogens (tertiary/aromatic N) is 1. The Morgan fingerprint density at radius 3 is 2.36 bits per heavy atom. The zero-order valence-corrected chi connectivity index (χ0v) is 7.89. The summed E-state index contributed by atoms with van der Waals surface area (Å²) in [6.07, 6.45) is 2.88. The summed E-state index contributed by atoms with van der Waals surface area (Å²) in [7, 11) is 0. The molecule has 0 unspecified atom stereocenters. The van der Waals surface area contributed by atoms with E-state index >= 15 is 0 Å². The Bertz CT molecular complexity index is 194. The lowest BCUT2D eigenvalue weighted by atomic mass is 10.2. The third-order valence-corrected chi connectivity index (χ3v) is 1.33. The van der Waals surface area contributed by atoms with E-state index in [4.69, 9.17) is 0 Å². The van der Waals surface area contributed by atoms with Crippen LogP contribution in [-0.4, -0.2) is 4.98 Å². The van der Waals surface area contributed by atoms with Crippen LogP contribution in [0.3, 0.4) is 0 Å². The molecule has 0 saturated carbocycles. The van der Waals surface area contributed by atoms with Crippen LogP contribution in [0.5, 0.6) is 0 Å². The summed E-state index contributed by atoms with van der Waals surface area (Å²) >= 11 is 0. The molecule has 1 nitrogen and oxygen atoms in total. The number of pyridine rings is 1. The van der Waals surface area contributed by atoms with Crippen LogP contribution in [0.1, 0.15) is 32.0 Å². The molecule has 1 heteroatoms. The van der Waals surface area contributed by atoms with Crippen LogP contribution in [0.4, 0.5) is 0 Å². The second-order valence-corrected chi connectivity index (χ2v) is 2.18. The Morgan fingerprint density at radius 2 is 2.00 bits per heavy atom. The van der Waals surface area contributed by atoms with Crippen molar-refractivity contribution in [2.45, 2.75) is 34.1 Å². The Labute approximate surface area is 69.5 Å². The van der Waals surface area contributed by atoms with Crippen molar-refractivity contribution in [1.82, 2.24) is 4.98 Å². The predicted molar refractivity (Wildman–Crippen MR) is 49.7 cm³/mol. The highest BCUT2D eigenvalue weighted by Gasteiger charge is 1.87. The normalized spacial score (nSPS) is 8.36. The first-order chi connectivity index (χ1) is 5.33. The Kier molecular flexibility index (Phi) is 5.44. The lowest BCUT2D eigenvalue weighted by molar-refractivity contribution is 1.03. The summed E-state index contributed by atoms with van der Waals surface area (Å²) in [5.74, 6) is 0. The maximum absolute atomic E-state index is 4.16. The monoisotopic (exact) mass is 151 g/mol. The fourth-order valence-corrected chi connectivity index (χ4v) is 0.792. The van der Waals surface area contributed by atoms with Crippen LogP contribution >= 0.6 is 0 Å². The van der Waals surface area contributed by atoms with Crippen molar-refractivity contribution >= 4 is 0 Å².